The molecule has 23 heteroatoms. The van der Waals surface area contributed by atoms with Gasteiger partial charge < -0.3 is 25.5 Å². The second-order valence-electron chi connectivity index (χ2n) is 21.9. The topological polar surface area (TPSA) is 232 Å². The van der Waals surface area contributed by atoms with Gasteiger partial charge in [-0.2, -0.15) is 5.10 Å². The smallest absolute Gasteiger partial charge is 0.339 e. The number of fused-ring (bicyclic) bond motifs is 5. The van der Waals surface area contributed by atoms with Crippen molar-refractivity contribution in [2.24, 2.45) is 16.8 Å². The molecule has 4 aromatic heterocycles. The summed E-state index contributed by atoms with van der Waals surface area (Å²) in [7, 11) is 0. The van der Waals surface area contributed by atoms with Gasteiger partial charge in [0.1, 0.15) is 54.4 Å². The number of nitrogens with one attached hydrogen (secondary N) is 2. The number of amides is 5. The lowest BCUT2D eigenvalue weighted by Crippen LogP contribution is -2.65. The quantitative estimate of drug-likeness (QED) is 0.106. The maximum absolute atomic E-state index is 16.3. The predicted octanol–water partition coefficient (Wildman–Crippen LogP) is 6.44. The fourth-order valence-electron chi connectivity index (χ4n) is 12.7. The summed E-state index contributed by atoms with van der Waals surface area (Å²) in [5, 5.41) is 35.3. The van der Waals surface area contributed by atoms with E-state index in [0.717, 1.165) is 44.5 Å². The van der Waals surface area contributed by atoms with Crippen LogP contribution in [-0.4, -0.2) is 143 Å². The zero-order chi connectivity index (χ0) is 55.7. The van der Waals surface area contributed by atoms with Crippen LogP contribution >= 0.6 is 22.9 Å². The summed E-state index contributed by atoms with van der Waals surface area (Å²) in [4.78, 5) is 91.7. The number of aliphatic imine (C=N–C) groups is 1. The Balaban J connectivity index is 0.699. The third kappa shape index (κ3) is 9.52. The molecule has 0 spiro atoms. The number of aliphatic carboxylic acids is 1. The van der Waals surface area contributed by atoms with Crippen LogP contribution in [0.5, 0.6) is 0 Å². The molecular weight excluding hydrogens is 1070 g/mol. The highest BCUT2D eigenvalue weighted by atomic mass is 35.5. The standard InChI is InChI=1S/C57H59ClFN13O7S/c1-31-32(2)80-57-51(31)53(35-8-10-39(58)11-9-35)63-43(55-65-64-33(3)70(55)57)25-48(75)67-19-14-37(15-20-67)56(79)68-18-13-34(29-68)7-12-49(76)72-21-16-36(17-22-72)54-52-40(41-24-45-38(23-42(41)59)26-62-71(45)72)5-4-6-44(52)69(66-54)30-47(74)60-27-46(73)61-28-50(77)78/h4-6,8-11,23-24,26,34,36-37,43H,7,12-22,25,27-30H2,1-3H3,(H2-,60,61,73,74,77,78)/p+1/t34?,36?,43-,72?/m0/s1. The Bertz CT molecular complexity index is 3720. The number of benzene rings is 3. The monoisotopic (exact) mass is 1120 g/mol. The maximum atomic E-state index is 16.3. The normalized spacial score (nSPS) is 20.6. The summed E-state index contributed by atoms with van der Waals surface area (Å²) in [6.07, 6.45) is 5.52. The van der Waals surface area contributed by atoms with Crippen LogP contribution in [0.1, 0.15) is 102 Å². The molecule has 0 saturated carbocycles. The molecule has 6 aliphatic heterocycles. The number of carboxylic acids is 1. The van der Waals surface area contributed by atoms with Crippen molar-refractivity contribution in [1.82, 2.24) is 59.5 Å². The van der Waals surface area contributed by atoms with Gasteiger partial charge in [0.05, 0.1) is 42.5 Å². The van der Waals surface area contributed by atoms with Gasteiger partial charge in [0.2, 0.25) is 23.6 Å². The fourth-order valence-corrected chi connectivity index (χ4v) is 14.1. The number of hydrogen-bond acceptors (Lipinski definition) is 12. The van der Waals surface area contributed by atoms with Gasteiger partial charge in [-0.1, -0.05) is 40.7 Å². The van der Waals surface area contributed by atoms with Gasteiger partial charge >= 0.3 is 11.9 Å². The first-order chi connectivity index (χ1) is 38.5. The van der Waals surface area contributed by atoms with Crippen molar-refractivity contribution in [3.8, 4) is 16.1 Å². The number of hydrogen-bond donors (Lipinski definition) is 3. The van der Waals surface area contributed by atoms with E-state index < -0.39 is 42.7 Å². The lowest BCUT2D eigenvalue weighted by Gasteiger charge is -2.40. The van der Waals surface area contributed by atoms with E-state index in [1.807, 2.05) is 57.7 Å². The minimum absolute atomic E-state index is 0.00921. The molecule has 10 heterocycles. The summed E-state index contributed by atoms with van der Waals surface area (Å²) < 4.78 is 19.9. The van der Waals surface area contributed by atoms with Crippen LogP contribution in [0.25, 0.3) is 37.9 Å². The summed E-state index contributed by atoms with van der Waals surface area (Å²) in [6, 6.07) is 15.7. The van der Waals surface area contributed by atoms with Gasteiger partial charge in [-0.05, 0) is 93.8 Å². The molecule has 7 aromatic rings. The first-order valence-corrected chi connectivity index (χ1v) is 28.5. The number of carbonyl (C=O) groups is 6. The number of rotatable bonds is 13. The molecule has 20 nitrogen and oxygen atoms in total. The minimum atomic E-state index is -1.21. The Morgan fingerprint density at radius 1 is 0.863 bits per heavy atom. The van der Waals surface area contributed by atoms with Crippen molar-refractivity contribution in [1.29, 1.82) is 0 Å². The first-order valence-electron chi connectivity index (χ1n) is 27.3. The Labute approximate surface area is 468 Å². The third-order valence-corrected chi connectivity index (χ3v) is 18.5. The maximum Gasteiger partial charge on any atom is 0.339 e. The van der Waals surface area contributed by atoms with Gasteiger partial charge in [-0.25, -0.2) is 9.18 Å². The minimum Gasteiger partial charge on any atom is -0.480 e. The number of quaternary nitrogens is 1. The second-order valence-corrected chi connectivity index (χ2v) is 23.5. The molecule has 5 amide bonds. The van der Waals surface area contributed by atoms with Gasteiger partial charge in [-0.3, -0.25) is 38.2 Å². The fraction of sp³-hybridized carbons (Fsp3) is 0.421. The highest BCUT2D eigenvalue weighted by Crippen LogP contribution is 2.44. The van der Waals surface area contributed by atoms with E-state index in [4.69, 9.17) is 31.9 Å². The molecule has 13 rings (SSSR count). The van der Waals surface area contributed by atoms with E-state index in [9.17, 15) is 28.8 Å². The molecule has 414 valence electrons. The summed E-state index contributed by atoms with van der Waals surface area (Å²) in [5.41, 5.74) is 6.62. The van der Waals surface area contributed by atoms with E-state index in [1.54, 1.807) is 39.1 Å². The van der Waals surface area contributed by atoms with Gasteiger partial charge in [0.15, 0.2) is 5.82 Å². The van der Waals surface area contributed by atoms with E-state index >= 15 is 4.39 Å². The number of piperidine rings is 2. The highest BCUT2D eigenvalue weighted by Gasteiger charge is 2.47. The number of carbonyl (C=O) groups excluding carboxylic acids is 5. The molecule has 0 radical (unpaired) electrons. The molecule has 3 N–H and O–H groups in total. The average molecular weight is 1130 g/mol. The summed E-state index contributed by atoms with van der Waals surface area (Å²) in [5.74, 6) is -1.73. The molecular formula is C57H60ClFN13O7S+. The second kappa shape index (κ2) is 21.1. The Kier molecular flexibility index (Phi) is 14.0. The molecule has 2 atom stereocenters. The molecule has 4 bridgehead atoms. The molecule has 3 saturated heterocycles. The summed E-state index contributed by atoms with van der Waals surface area (Å²) >= 11 is 7.97. The molecule has 3 fully saturated rings. The summed E-state index contributed by atoms with van der Waals surface area (Å²) in [6.45, 7) is 7.72. The lowest BCUT2D eigenvalue weighted by molar-refractivity contribution is -0.141. The third-order valence-electron chi connectivity index (χ3n) is 17.1. The van der Waals surface area contributed by atoms with Crippen molar-refractivity contribution in [2.75, 3.05) is 52.4 Å². The van der Waals surface area contributed by atoms with Crippen molar-refractivity contribution in [3.05, 3.63) is 111 Å². The SMILES string of the molecule is Cc1sc2c(c1C)C(c1ccc(Cl)cc1)=N[C@@H](CC(=O)N1CCC(C(=O)N3CCC(CCC(=O)[N+]45CCC(CC4)c4nn(CC(=O)NCC(=O)NCC(=O)O)c6cccc(c46)-c4cc6c(cnn65)cc4F)C3)CC1)c1nnc(C)n1-2. The zero-order valence-electron chi connectivity index (χ0n) is 44.6. The molecule has 0 aliphatic carbocycles. The van der Waals surface area contributed by atoms with Crippen LogP contribution in [0.4, 0.5) is 4.39 Å². The van der Waals surface area contributed by atoms with Crippen LogP contribution in [0.2, 0.25) is 5.02 Å². The van der Waals surface area contributed by atoms with Crippen LogP contribution in [-0.2, 0) is 35.3 Å². The first kappa shape index (κ1) is 53.0. The van der Waals surface area contributed by atoms with E-state index in [2.05, 4.69) is 34.7 Å². The Hall–Kier alpha value is -7.69. The molecule has 3 aromatic carbocycles. The van der Waals surface area contributed by atoms with Gasteiger partial charge in [-0.15, -0.1) is 31.2 Å². The lowest BCUT2D eigenvalue weighted by atomic mass is 9.88. The van der Waals surface area contributed by atoms with Crippen LogP contribution in [0, 0.1) is 38.4 Å². The van der Waals surface area contributed by atoms with Crippen molar-refractivity contribution < 1.29 is 38.3 Å². The number of carboxylic acid groups (broad SMARTS) is 1. The Morgan fingerprint density at radius 3 is 2.38 bits per heavy atom. The zero-order valence-corrected chi connectivity index (χ0v) is 46.2. The van der Waals surface area contributed by atoms with Gasteiger partial charge in [0.25, 0.3) is 0 Å². The Morgan fingerprint density at radius 2 is 1.61 bits per heavy atom. The van der Waals surface area contributed by atoms with Crippen molar-refractivity contribution in [3.63, 3.8) is 0 Å². The average Bonchev–Trinajstić information content (AvgIpc) is 4.34. The van der Waals surface area contributed by atoms with Crippen molar-refractivity contribution >= 4 is 86.0 Å². The number of nitrogens with zero attached hydrogens (tertiary/aromatic N) is 11. The number of halogens is 2. The molecule has 6 aliphatic rings. The van der Waals surface area contributed by atoms with E-state index in [0.29, 0.717) is 121 Å². The highest BCUT2D eigenvalue weighted by molar-refractivity contribution is 7.15. The van der Waals surface area contributed by atoms with Crippen LogP contribution < -0.4 is 15.2 Å². The molecule has 80 heavy (non-hydrogen) atoms. The number of thiophene rings is 1. The molecule has 1 unspecified atom stereocenters. The number of aryl methyl sites for hydroxylation is 2. The van der Waals surface area contributed by atoms with E-state index in [-0.39, 0.29) is 59.5 Å². The van der Waals surface area contributed by atoms with Crippen molar-refractivity contribution in [2.45, 2.75) is 90.6 Å². The van der Waals surface area contributed by atoms with Gasteiger partial charge in [0, 0.05) is 88.2 Å². The largest absolute Gasteiger partial charge is 0.480 e. The predicted molar refractivity (Wildman–Crippen MR) is 297 cm³/mol. The van der Waals surface area contributed by atoms with E-state index in [1.165, 1.54) is 6.07 Å². The number of aromatic nitrogens is 7. The van der Waals surface area contributed by atoms with Crippen LogP contribution in [0.3, 0.4) is 0 Å². The van der Waals surface area contributed by atoms with Crippen LogP contribution in [0.15, 0.2) is 65.8 Å². The number of likely N-dealkylation sites (tertiary alicyclic amines) is 2.